The van der Waals surface area contributed by atoms with E-state index in [2.05, 4.69) is 0 Å². The summed E-state index contributed by atoms with van der Waals surface area (Å²) in [6.45, 7) is 0.506. The predicted octanol–water partition coefficient (Wildman–Crippen LogP) is 3.00. The largest absolute Gasteiger partial charge is 0.420 e. The Morgan fingerprint density at radius 2 is 1.39 bits per heavy atom. The average Bonchev–Trinajstić information content (AvgIpc) is 2.40. The van der Waals surface area contributed by atoms with Crippen LogP contribution in [0.1, 0.15) is 18.4 Å². The predicted molar refractivity (Wildman–Crippen MR) is 57.1 cm³/mol. The molecule has 1 aromatic carbocycles. The van der Waals surface area contributed by atoms with Crippen molar-refractivity contribution < 1.29 is 26.4 Å². The Balaban J connectivity index is 2.32. The van der Waals surface area contributed by atoms with Gasteiger partial charge in [0.15, 0.2) is 32.3 Å². The maximum Gasteiger partial charge on any atom is 0.200 e. The normalized spacial score (nSPS) is 20.2. The number of rotatable bonds is 2. The van der Waals surface area contributed by atoms with E-state index in [0.717, 1.165) is 12.8 Å². The lowest BCUT2D eigenvalue weighted by atomic mass is 10.2. The molecule has 0 aromatic heterocycles. The third-order valence-electron chi connectivity index (χ3n) is 3.01. The summed E-state index contributed by atoms with van der Waals surface area (Å²) in [4.78, 5) is 0. The first-order chi connectivity index (χ1) is 8.52. The van der Waals surface area contributed by atoms with Crippen LogP contribution in [-0.2, 0) is 10.5 Å². The quantitative estimate of drug-likeness (QED) is 0.351. The van der Waals surface area contributed by atoms with Gasteiger partial charge in [-0.05, 0) is 18.5 Å². The van der Waals surface area contributed by atoms with Crippen LogP contribution in [0.5, 0.6) is 0 Å². The van der Waals surface area contributed by atoms with Crippen molar-refractivity contribution in [2.75, 3.05) is 6.61 Å². The lowest BCUT2D eigenvalue weighted by Crippen LogP contribution is -2.27. The van der Waals surface area contributed by atoms with Crippen molar-refractivity contribution >= 4 is 9.04 Å². The summed E-state index contributed by atoms with van der Waals surface area (Å²) >= 11 is 0. The molecule has 1 atom stereocenters. The molecule has 7 heteroatoms. The molecule has 1 nitrogen and oxygen atoms in total. The van der Waals surface area contributed by atoms with Crippen molar-refractivity contribution in [1.82, 2.24) is 0 Å². The topological polar surface area (TPSA) is 9.23 Å². The molecule has 100 valence electrons. The summed E-state index contributed by atoms with van der Waals surface area (Å²) in [5.74, 6) is -9.33. The lowest BCUT2D eigenvalue weighted by Gasteiger charge is -2.21. The highest BCUT2D eigenvalue weighted by molar-refractivity contribution is 6.51. The van der Waals surface area contributed by atoms with E-state index in [4.69, 9.17) is 4.43 Å². The standard InChI is InChI=1S/C11H11F5OSi/c12-7-6(5-18-4-2-1-3-17-18)8(13)10(15)11(16)9(7)14/h18H,1-5H2. The molecule has 1 aliphatic heterocycles. The Bertz CT molecular complexity index is 430. The zero-order chi connectivity index (χ0) is 13.3. The third kappa shape index (κ3) is 2.42. The minimum Gasteiger partial charge on any atom is -0.420 e. The smallest absolute Gasteiger partial charge is 0.200 e. The Labute approximate surface area is 102 Å². The first kappa shape index (κ1) is 13.5. The van der Waals surface area contributed by atoms with Crippen molar-refractivity contribution in [1.29, 1.82) is 0 Å². The molecule has 1 aliphatic rings. The number of benzene rings is 1. The Morgan fingerprint density at radius 3 is 1.89 bits per heavy atom. The minimum absolute atomic E-state index is 0.161. The van der Waals surface area contributed by atoms with Crippen LogP contribution in [0, 0.1) is 29.1 Å². The molecule has 0 radical (unpaired) electrons. The molecular weight excluding hydrogens is 271 g/mol. The first-order valence-corrected chi connectivity index (χ1v) is 7.74. The molecule has 0 aliphatic carbocycles. The second kappa shape index (κ2) is 5.36. The summed E-state index contributed by atoms with van der Waals surface area (Å²) < 4.78 is 70.9. The van der Waals surface area contributed by atoms with E-state index in [-0.39, 0.29) is 6.04 Å². The van der Waals surface area contributed by atoms with Gasteiger partial charge in [0, 0.05) is 12.2 Å². The van der Waals surface area contributed by atoms with Crippen LogP contribution in [-0.4, -0.2) is 15.6 Å². The van der Waals surface area contributed by atoms with Crippen LogP contribution in [0.15, 0.2) is 0 Å². The SMILES string of the molecule is Fc1c(F)c(F)c(C[SiH]2CCCCO2)c(F)c1F. The van der Waals surface area contributed by atoms with E-state index in [1.807, 2.05) is 0 Å². The summed E-state index contributed by atoms with van der Waals surface area (Å²) in [5.41, 5.74) is -0.732. The number of halogens is 5. The maximum atomic E-state index is 13.4. The molecule has 18 heavy (non-hydrogen) atoms. The fraction of sp³-hybridized carbons (Fsp3) is 0.455. The number of hydrogen-bond acceptors (Lipinski definition) is 1. The van der Waals surface area contributed by atoms with E-state index in [9.17, 15) is 22.0 Å². The van der Waals surface area contributed by atoms with E-state index in [1.54, 1.807) is 0 Å². The van der Waals surface area contributed by atoms with E-state index in [1.165, 1.54) is 0 Å². The zero-order valence-corrected chi connectivity index (χ0v) is 10.6. The number of hydrogen-bond donors (Lipinski definition) is 0. The highest BCUT2D eigenvalue weighted by Gasteiger charge is 2.28. The van der Waals surface area contributed by atoms with Gasteiger partial charge in [-0.25, -0.2) is 22.0 Å². The molecule has 0 bridgehead atoms. The molecule has 1 fully saturated rings. The molecular formula is C11H11F5OSi. The van der Waals surface area contributed by atoms with Gasteiger partial charge >= 0.3 is 0 Å². The maximum absolute atomic E-state index is 13.4. The van der Waals surface area contributed by atoms with Crippen LogP contribution in [0.4, 0.5) is 22.0 Å². The Morgan fingerprint density at radius 1 is 0.833 bits per heavy atom. The lowest BCUT2D eigenvalue weighted by molar-refractivity contribution is 0.284. The van der Waals surface area contributed by atoms with Gasteiger partial charge in [-0.15, -0.1) is 0 Å². The van der Waals surface area contributed by atoms with Gasteiger partial charge in [-0.1, -0.05) is 6.42 Å². The molecule has 1 aromatic rings. The second-order valence-corrected chi connectivity index (χ2v) is 6.80. The van der Waals surface area contributed by atoms with Crippen LogP contribution in [0.3, 0.4) is 0 Å². The van der Waals surface area contributed by atoms with Crippen molar-refractivity contribution in [2.24, 2.45) is 0 Å². The fourth-order valence-corrected chi connectivity index (χ4v) is 4.57. The van der Waals surface area contributed by atoms with Gasteiger partial charge in [0.1, 0.15) is 0 Å². The van der Waals surface area contributed by atoms with Crippen molar-refractivity contribution in [2.45, 2.75) is 24.9 Å². The third-order valence-corrected chi connectivity index (χ3v) is 5.63. The summed E-state index contributed by atoms with van der Waals surface area (Å²) in [7, 11) is -1.90. The summed E-state index contributed by atoms with van der Waals surface area (Å²) in [6.07, 6.45) is 1.76. The Hall–Kier alpha value is -0.953. The van der Waals surface area contributed by atoms with Crippen LogP contribution in [0.2, 0.25) is 6.04 Å². The molecule has 0 amide bonds. The van der Waals surface area contributed by atoms with Gasteiger partial charge in [0.25, 0.3) is 0 Å². The van der Waals surface area contributed by atoms with Gasteiger partial charge in [0.2, 0.25) is 5.82 Å². The van der Waals surface area contributed by atoms with Crippen LogP contribution < -0.4 is 0 Å². The van der Waals surface area contributed by atoms with E-state index in [0.29, 0.717) is 12.7 Å². The average molecular weight is 282 g/mol. The van der Waals surface area contributed by atoms with Gasteiger partial charge in [-0.2, -0.15) is 0 Å². The van der Waals surface area contributed by atoms with Gasteiger partial charge in [0.05, 0.1) is 0 Å². The fourth-order valence-electron chi connectivity index (χ4n) is 2.03. The molecule has 1 saturated heterocycles. The van der Waals surface area contributed by atoms with E-state index >= 15 is 0 Å². The highest BCUT2D eigenvalue weighted by Crippen LogP contribution is 2.25. The molecule has 2 rings (SSSR count). The molecule has 0 N–H and O–H groups in total. The minimum atomic E-state index is -2.11. The second-order valence-electron chi connectivity index (χ2n) is 4.24. The highest BCUT2D eigenvalue weighted by atomic mass is 28.3. The summed E-state index contributed by atoms with van der Waals surface area (Å²) in [5, 5.41) is 0. The van der Waals surface area contributed by atoms with Gasteiger partial charge < -0.3 is 4.43 Å². The first-order valence-electron chi connectivity index (χ1n) is 5.64. The van der Waals surface area contributed by atoms with Crippen LogP contribution in [0.25, 0.3) is 0 Å². The molecule has 1 unspecified atom stereocenters. The molecule has 0 spiro atoms. The van der Waals surface area contributed by atoms with Crippen molar-refractivity contribution in [3.05, 3.63) is 34.6 Å². The van der Waals surface area contributed by atoms with Crippen molar-refractivity contribution in [3.8, 4) is 0 Å². The molecule has 1 heterocycles. The van der Waals surface area contributed by atoms with Gasteiger partial charge in [-0.3, -0.25) is 0 Å². The van der Waals surface area contributed by atoms with Crippen molar-refractivity contribution in [3.63, 3.8) is 0 Å². The Kier molecular flexibility index (Phi) is 4.01. The summed E-state index contributed by atoms with van der Waals surface area (Å²) in [6, 6.07) is 0.533. The van der Waals surface area contributed by atoms with Crippen LogP contribution >= 0.6 is 0 Å². The van der Waals surface area contributed by atoms with E-state index < -0.39 is 43.7 Å². The molecule has 0 saturated carbocycles. The monoisotopic (exact) mass is 282 g/mol. The zero-order valence-electron chi connectivity index (χ0n) is 9.41.